The van der Waals surface area contributed by atoms with Crippen molar-refractivity contribution in [3.63, 3.8) is 0 Å². The van der Waals surface area contributed by atoms with Crippen molar-refractivity contribution in [1.29, 1.82) is 0 Å². The summed E-state index contributed by atoms with van der Waals surface area (Å²) in [5.41, 5.74) is 1.36. The summed E-state index contributed by atoms with van der Waals surface area (Å²) in [5.74, 6) is 1.09. The van der Waals surface area contributed by atoms with Crippen LogP contribution in [0.3, 0.4) is 0 Å². The summed E-state index contributed by atoms with van der Waals surface area (Å²) in [6, 6.07) is 7.22. The number of likely N-dealkylation sites (tertiary alicyclic amines) is 1. The molecule has 2 amide bonds. The van der Waals surface area contributed by atoms with E-state index in [2.05, 4.69) is 10.3 Å². The van der Waals surface area contributed by atoms with Gasteiger partial charge >= 0.3 is 0 Å². The zero-order valence-corrected chi connectivity index (χ0v) is 16.8. The Balaban J connectivity index is 1.31. The first-order valence-electron chi connectivity index (χ1n) is 9.90. The highest BCUT2D eigenvalue weighted by atomic mass is 35.5. The number of halogens is 1. The van der Waals surface area contributed by atoms with E-state index in [0.717, 1.165) is 24.8 Å². The lowest BCUT2D eigenvalue weighted by atomic mass is 10.0. The molecular weight excluding hydrogens is 394 g/mol. The predicted molar refractivity (Wildman–Crippen MR) is 109 cm³/mol. The summed E-state index contributed by atoms with van der Waals surface area (Å²) in [6.07, 6.45) is 4.26. The molecule has 4 rings (SSSR count). The maximum atomic E-state index is 12.7. The Morgan fingerprint density at radius 1 is 1.21 bits per heavy atom. The minimum atomic E-state index is -0.110. The molecule has 3 heterocycles. The number of carbonyl (C=O) groups is 2. The molecule has 0 unspecified atom stereocenters. The molecule has 7 nitrogen and oxygen atoms in total. The molecule has 8 heteroatoms. The lowest BCUT2D eigenvalue weighted by molar-refractivity contribution is -0.131. The second-order valence-electron chi connectivity index (χ2n) is 7.34. The van der Waals surface area contributed by atoms with E-state index in [-0.39, 0.29) is 24.3 Å². The van der Waals surface area contributed by atoms with Crippen molar-refractivity contribution in [2.75, 3.05) is 26.3 Å². The Hall–Kier alpha value is -2.67. The van der Waals surface area contributed by atoms with E-state index >= 15 is 0 Å². The Bertz CT molecular complexity index is 876. The molecule has 0 spiro atoms. The van der Waals surface area contributed by atoms with Crippen LogP contribution in [0.1, 0.15) is 35.3 Å². The fourth-order valence-electron chi connectivity index (χ4n) is 3.68. The molecule has 2 aliphatic rings. The van der Waals surface area contributed by atoms with Gasteiger partial charge in [0.1, 0.15) is 5.69 Å². The van der Waals surface area contributed by atoms with Crippen molar-refractivity contribution in [2.45, 2.75) is 31.7 Å². The van der Waals surface area contributed by atoms with Gasteiger partial charge in [-0.1, -0.05) is 11.6 Å². The lowest BCUT2D eigenvalue weighted by Crippen LogP contribution is -2.47. The van der Waals surface area contributed by atoms with Gasteiger partial charge in [-0.2, -0.15) is 0 Å². The van der Waals surface area contributed by atoms with Gasteiger partial charge in [0, 0.05) is 31.7 Å². The van der Waals surface area contributed by atoms with Crippen LogP contribution in [-0.4, -0.2) is 54.0 Å². The molecule has 1 aromatic heterocycles. The van der Waals surface area contributed by atoms with E-state index in [1.807, 2.05) is 11.0 Å². The van der Waals surface area contributed by atoms with Crippen LogP contribution in [-0.2, 0) is 11.2 Å². The number of nitrogens with one attached hydrogen (secondary N) is 2. The topological polar surface area (TPSA) is 83.7 Å². The summed E-state index contributed by atoms with van der Waals surface area (Å²) in [7, 11) is 0. The van der Waals surface area contributed by atoms with Gasteiger partial charge in [0.2, 0.25) is 5.91 Å². The number of rotatable bonds is 4. The number of aromatic nitrogens is 1. The highest BCUT2D eigenvalue weighted by Gasteiger charge is 2.25. The smallest absolute Gasteiger partial charge is 0.267 e. The zero-order chi connectivity index (χ0) is 20.2. The number of ether oxygens (including phenoxy) is 2. The van der Waals surface area contributed by atoms with Crippen molar-refractivity contribution in [3.8, 4) is 11.5 Å². The van der Waals surface area contributed by atoms with Crippen molar-refractivity contribution in [1.82, 2.24) is 15.2 Å². The van der Waals surface area contributed by atoms with Gasteiger partial charge < -0.3 is 24.7 Å². The van der Waals surface area contributed by atoms with Crippen molar-refractivity contribution in [3.05, 3.63) is 46.7 Å². The van der Waals surface area contributed by atoms with Crippen LogP contribution in [0, 0.1) is 0 Å². The molecule has 0 radical (unpaired) electrons. The SMILES string of the molecule is O=C(NC1CCN(C(=O)Cc2cc(Cl)c3c(c2)OCCCO3)CC1)c1ccc[nH]1. The molecule has 2 N–H and O–H groups in total. The monoisotopic (exact) mass is 417 g/mol. The largest absolute Gasteiger partial charge is 0.489 e. The number of hydrogen-bond acceptors (Lipinski definition) is 4. The minimum absolute atomic E-state index is 0.0460. The van der Waals surface area contributed by atoms with Gasteiger partial charge in [0.15, 0.2) is 11.5 Å². The summed E-state index contributed by atoms with van der Waals surface area (Å²) in [5, 5.41) is 3.49. The van der Waals surface area contributed by atoms with Crippen molar-refractivity contribution >= 4 is 23.4 Å². The number of nitrogens with zero attached hydrogens (tertiary/aromatic N) is 1. The average molecular weight is 418 g/mol. The quantitative estimate of drug-likeness (QED) is 0.801. The minimum Gasteiger partial charge on any atom is -0.489 e. The molecule has 0 bridgehead atoms. The fraction of sp³-hybridized carbons (Fsp3) is 0.429. The normalized spacial score (nSPS) is 16.9. The van der Waals surface area contributed by atoms with Gasteiger partial charge in [0.25, 0.3) is 5.91 Å². The van der Waals surface area contributed by atoms with Gasteiger partial charge in [0.05, 0.1) is 24.7 Å². The van der Waals surface area contributed by atoms with E-state index in [1.165, 1.54) is 0 Å². The molecule has 2 aromatic rings. The second-order valence-corrected chi connectivity index (χ2v) is 7.75. The Morgan fingerprint density at radius 3 is 2.76 bits per heavy atom. The number of piperidine rings is 1. The lowest BCUT2D eigenvalue weighted by Gasteiger charge is -2.32. The Labute approximate surface area is 174 Å². The van der Waals surface area contributed by atoms with E-state index in [0.29, 0.717) is 48.5 Å². The first kappa shape index (κ1) is 19.6. The highest BCUT2D eigenvalue weighted by molar-refractivity contribution is 6.32. The molecule has 1 aromatic carbocycles. The van der Waals surface area contributed by atoms with Crippen LogP contribution in [0.15, 0.2) is 30.5 Å². The van der Waals surface area contributed by atoms with Gasteiger partial charge in [-0.15, -0.1) is 0 Å². The third kappa shape index (κ3) is 4.67. The molecule has 2 aliphatic heterocycles. The van der Waals surface area contributed by atoms with E-state index in [4.69, 9.17) is 21.1 Å². The molecule has 0 saturated carbocycles. The summed E-state index contributed by atoms with van der Waals surface area (Å²) >= 11 is 6.33. The van der Waals surface area contributed by atoms with Crippen LogP contribution in [0.4, 0.5) is 0 Å². The van der Waals surface area contributed by atoms with Crippen LogP contribution >= 0.6 is 11.6 Å². The van der Waals surface area contributed by atoms with Crippen molar-refractivity contribution in [2.24, 2.45) is 0 Å². The maximum absolute atomic E-state index is 12.7. The first-order valence-corrected chi connectivity index (χ1v) is 10.3. The number of H-pyrrole nitrogens is 1. The molecular formula is C21H24ClN3O4. The van der Waals surface area contributed by atoms with Gasteiger partial charge in [-0.3, -0.25) is 9.59 Å². The molecule has 0 atom stereocenters. The predicted octanol–water partition coefficient (Wildman–Crippen LogP) is 2.79. The number of amides is 2. The number of carbonyl (C=O) groups excluding carboxylic acids is 2. The number of fused-ring (bicyclic) bond motifs is 1. The molecule has 154 valence electrons. The van der Waals surface area contributed by atoms with Crippen LogP contribution in [0.25, 0.3) is 0 Å². The summed E-state index contributed by atoms with van der Waals surface area (Å²) < 4.78 is 11.3. The maximum Gasteiger partial charge on any atom is 0.267 e. The third-order valence-corrected chi connectivity index (χ3v) is 5.52. The van der Waals surface area contributed by atoms with E-state index in [1.54, 1.807) is 24.4 Å². The second kappa shape index (κ2) is 8.78. The van der Waals surface area contributed by atoms with Crippen LogP contribution in [0.2, 0.25) is 5.02 Å². The average Bonchev–Trinajstić information content (AvgIpc) is 3.15. The van der Waals surface area contributed by atoms with Gasteiger partial charge in [-0.05, 0) is 42.7 Å². The standard InChI is InChI=1S/C21H24ClN3O4/c22-16-11-14(12-18-20(16)29-10-2-9-28-18)13-19(26)25-7-4-15(5-8-25)24-21(27)17-3-1-6-23-17/h1,3,6,11-12,15,23H,2,4-5,7-10,13H2,(H,24,27). The van der Waals surface area contributed by atoms with Gasteiger partial charge in [-0.25, -0.2) is 0 Å². The number of benzene rings is 1. The molecule has 1 saturated heterocycles. The first-order chi connectivity index (χ1) is 14.1. The van der Waals surface area contributed by atoms with E-state index in [9.17, 15) is 9.59 Å². The van der Waals surface area contributed by atoms with Crippen LogP contribution < -0.4 is 14.8 Å². The Kier molecular flexibility index (Phi) is 5.94. The molecule has 29 heavy (non-hydrogen) atoms. The molecule has 1 fully saturated rings. The molecule has 0 aliphatic carbocycles. The van der Waals surface area contributed by atoms with E-state index < -0.39 is 0 Å². The Morgan fingerprint density at radius 2 is 2.00 bits per heavy atom. The highest BCUT2D eigenvalue weighted by Crippen LogP contribution is 2.38. The summed E-state index contributed by atoms with van der Waals surface area (Å²) in [6.45, 7) is 2.38. The third-order valence-electron chi connectivity index (χ3n) is 5.24. The number of aromatic amines is 1. The number of hydrogen-bond donors (Lipinski definition) is 2. The van der Waals surface area contributed by atoms with Crippen LogP contribution in [0.5, 0.6) is 11.5 Å². The summed E-state index contributed by atoms with van der Waals surface area (Å²) in [4.78, 5) is 29.6. The zero-order valence-electron chi connectivity index (χ0n) is 16.1. The fourth-order valence-corrected chi connectivity index (χ4v) is 3.97. The van der Waals surface area contributed by atoms with Crippen molar-refractivity contribution < 1.29 is 19.1 Å².